The number of fused-ring (bicyclic) bond motifs is 1. The highest BCUT2D eigenvalue weighted by molar-refractivity contribution is 7.91. The molecule has 2 atom stereocenters. The van der Waals surface area contributed by atoms with E-state index in [1.54, 1.807) is 6.07 Å². The van der Waals surface area contributed by atoms with Crippen molar-refractivity contribution < 1.29 is 23.2 Å². The van der Waals surface area contributed by atoms with Gasteiger partial charge in [0.2, 0.25) is 6.41 Å². The predicted octanol–water partition coefficient (Wildman–Crippen LogP) is 1.36. The van der Waals surface area contributed by atoms with E-state index in [4.69, 9.17) is 4.74 Å². The van der Waals surface area contributed by atoms with Crippen LogP contribution in [0.3, 0.4) is 0 Å². The van der Waals surface area contributed by atoms with Gasteiger partial charge in [-0.25, -0.2) is 13.5 Å². The van der Waals surface area contributed by atoms with Crippen LogP contribution in [-0.2, 0) is 25.1 Å². The highest BCUT2D eigenvalue weighted by Crippen LogP contribution is 2.19. The summed E-state index contributed by atoms with van der Waals surface area (Å²) in [6.07, 6.45) is 1.64. The third kappa shape index (κ3) is 3.84. The number of nitrogens with zero attached hydrogens (tertiary/aromatic N) is 2. The molecule has 8 heteroatoms. The Morgan fingerprint density at radius 3 is 2.74 bits per heavy atom. The van der Waals surface area contributed by atoms with E-state index < -0.39 is 21.3 Å². The summed E-state index contributed by atoms with van der Waals surface area (Å²) in [5, 5.41) is 10.5. The summed E-state index contributed by atoms with van der Waals surface area (Å²) in [6.45, 7) is 1.39. The summed E-state index contributed by atoms with van der Waals surface area (Å²) in [7, 11) is -2.55. The molecule has 2 aromatic rings. The number of carbonyl (C=O) groups is 1. The minimum Gasteiger partial charge on any atom is -0.363 e. The van der Waals surface area contributed by atoms with Crippen molar-refractivity contribution >= 4 is 27.2 Å². The fourth-order valence-corrected chi connectivity index (χ4v) is 4.18. The number of pyridine rings is 1. The van der Waals surface area contributed by atoms with Gasteiger partial charge in [0, 0.05) is 18.7 Å². The summed E-state index contributed by atoms with van der Waals surface area (Å²) in [5.74, 6) is -0.305. The Hall–Kier alpha value is -2.03. The van der Waals surface area contributed by atoms with Crippen LogP contribution >= 0.6 is 0 Å². The van der Waals surface area contributed by atoms with Crippen molar-refractivity contribution in [3.63, 3.8) is 0 Å². The van der Waals surface area contributed by atoms with Crippen LogP contribution in [0.15, 0.2) is 36.5 Å². The summed E-state index contributed by atoms with van der Waals surface area (Å²) in [6, 6.07) is 8.09. The van der Waals surface area contributed by atoms with E-state index in [9.17, 15) is 18.4 Å². The normalized spacial score (nSPS) is 14.4. The first-order chi connectivity index (χ1) is 10.9. The molecular weight excluding hydrogens is 320 g/mol. The molecule has 0 saturated carbocycles. The molecule has 0 fully saturated rings. The van der Waals surface area contributed by atoms with Crippen LogP contribution in [0.2, 0.25) is 0 Å². The van der Waals surface area contributed by atoms with E-state index >= 15 is 0 Å². The molecule has 7 nitrogen and oxygen atoms in total. The van der Waals surface area contributed by atoms with E-state index in [2.05, 4.69) is 4.98 Å². The van der Waals surface area contributed by atoms with Crippen LogP contribution in [0.25, 0.3) is 10.9 Å². The van der Waals surface area contributed by atoms with Gasteiger partial charge in [-0.15, -0.1) is 0 Å². The van der Waals surface area contributed by atoms with Crippen molar-refractivity contribution in [2.45, 2.75) is 24.2 Å². The van der Waals surface area contributed by atoms with Crippen molar-refractivity contribution in [1.29, 1.82) is 0 Å². The maximum atomic E-state index is 12.5. The largest absolute Gasteiger partial charge is 0.363 e. The second kappa shape index (κ2) is 7.03. The van der Waals surface area contributed by atoms with Gasteiger partial charge >= 0.3 is 0 Å². The molecule has 0 aliphatic carbocycles. The number of aromatic nitrogens is 1. The van der Waals surface area contributed by atoms with E-state index in [1.165, 1.54) is 20.2 Å². The highest BCUT2D eigenvalue weighted by atomic mass is 32.2. The fourth-order valence-electron chi connectivity index (χ4n) is 2.37. The van der Waals surface area contributed by atoms with E-state index in [0.29, 0.717) is 5.56 Å². The summed E-state index contributed by atoms with van der Waals surface area (Å²) in [5.41, 5.74) is -0.0643. The number of hydrogen-bond acceptors (Lipinski definition) is 6. The Balaban J connectivity index is 2.28. The number of amides is 1. The molecule has 0 spiro atoms. The number of rotatable bonds is 7. The maximum absolute atomic E-state index is 12.5. The number of ether oxygens (including phenoxy) is 1. The van der Waals surface area contributed by atoms with E-state index in [-0.39, 0.29) is 17.2 Å². The first-order valence-electron chi connectivity index (χ1n) is 6.89. The van der Waals surface area contributed by atoms with Crippen LogP contribution in [0.5, 0.6) is 0 Å². The molecule has 0 saturated heterocycles. The van der Waals surface area contributed by atoms with Crippen molar-refractivity contribution in [1.82, 2.24) is 10.0 Å². The lowest BCUT2D eigenvalue weighted by molar-refractivity contribution is -0.165. The quantitative estimate of drug-likeness (QED) is 0.465. The summed E-state index contributed by atoms with van der Waals surface area (Å²) >= 11 is 0. The Morgan fingerprint density at radius 2 is 2.09 bits per heavy atom. The van der Waals surface area contributed by atoms with Crippen LogP contribution in [0, 0.1) is 0 Å². The van der Waals surface area contributed by atoms with Crippen LogP contribution in [0.1, 0.15) is 12.5 Å². The number of hydroxylamine groups is 2. The Kier molecular flexibility index (Phi) is 5.30. The highest BCUT2D eigenvalue weighted by Gasteiger charge is 2.34. The Bertz CT molecular complexity index is 793. The molecular formula is C15H18N2O5S. The zero-order valence-corrected chi connectivity index (χ0v) is 13.6. The lowest BCUT2D eigenvalue weighted by Crippen LogP contribution is -2.44. The molecule has 0 bridgehead atoms. The molecule has 23 heavy (non-hydrogen) atoms. The lowest BCUT2D eigenvalue weighted by atomic mass is 10.2. The number of sulfone groups is 1. The standard InChI is InChI=1S/C15H18N2O5S/c1-11(17(19)10-18)15(22-2)23(20,21)9-12-7-13-5-3-4-6-14(13)16-8-12/h3-8,10-11,15,19H,9H2,1-2H3. The first kappa shape index (κ1) is 17.3. The van der Waals surface area contributed by atoms with Crippen LogP contribution in [-0.4, -0.2) is 48.7 Å². The molecule has 1 heterocycles. The van der Waals surface area contributed by atoms with Crippen molar-refractivity contribution in [3.8, 4) is 0 Å². The zero-order valence-electron chi connectivity index (χ0n) is 12.8. The molecule has 2 unspecified atom stereocenters. The second-order valence-corrected chi connectivity index (χ2v) is 7.25. The minimum atomic E-state index is -3.77. The number of carbonyl (C=O) groups excluding carboxylic acids is 1. The van der Waals surface area contributed by atoms with Gasteiger partial charge in [0.1, 0.15) is 0 Å². The SMILES string of the molecule is COC(C(C)N(O)C=O)S(=O)(=O)Cc1cnc2ccccc2c1. The average Bonchev–Trinajstić information content (AvgIpc) is 2.53. The molecule has 0 aliphatic heterocycles. The second-order valence-electron chi connectivity index (χ2n) is 5.17. The van der Waals surface area contributed by atoms with E-state index in [0.717, 1.165) is 10.9 Å². The van der Waals surface area contributed by atoms with Gasteiger partial charge in [-0.1, -0.05) is 18.2 Å². The van der Waals surface area contributed by atoms with Crippen LogP contribution < -0.4 is 0 Å². The Labute approximate surface area is 134 Å². The monoisotopic (exact) mass is 338 g/mol. The maximum Gasteiger partial charge on any atom is 0.233 e. The fraction of sp³-hybridized carbons (Fsp3) is 0.333. The minimum absolute atomic E-state index is 0.143. The smallest absolute Gasteiger partial charge is 0.233 e. The number of para-hydroxylation sites is 1. The number of methoxy groups -OCH3 is 1. The molecule has 1 N–H and O–H groups in total. The number of benzene rings is 1. The molecule has 1 amide bonds. The molecule has 0 aliphatic rings. The van der Waals surface area contributed by atoms with Crippen molar-refractivity contribution in [3.05, 3.63) is 42.1 Å². The third-order valence-electron chi connectivity index (χ3n) is 3.52. The van der Waals surface area contributed by atoms with Gasteiger partial charge < -0.3 is 4.74 Å². The molecule has 1 aromatic heterocycles. The first-order valence-corrected chi connectivity index (χ1v) is 8.61. The van der Waals surface area contributed by atoms with Gasteiger partial charge in [0.15, 0.2) is 15.3 Å². The molecule has 0 radical (unpaired) electrons. The summed E-state index contributed by atoms with van der Waals surface area (Å²) in [4.78, 5) is 14.8. The van der Waals surface area contributed by atoms with Gasteiger partial charge in [0.25, 0.3) is 0 Å². The van der Waals surface area contributed by atoms with Gasteiger partial charge in [-0.2, -0.15) is 0 Å². The molecule has 1 aromatic carbocycles. The van der Waals surface area contributed by atoms with Gasteiger partial charge in [-0.3, -0.25) is 15.0 Å². The Morgan fingerprint density at radius 1 is 1.39 bits per heavy atom. The lowest BCUT2D eigenvalue weighted by Gasteiger charge is -2.26. The van der Waals surface area contributed by atoms with Crippen molar-refractivity contribution in [2.24, 2.45) is 0 Å². The molecule has 2 rings (SSSR count). The zero-order chi connectivity index (χ0) is 17.0. The van der Waals surface area contributed by atoms with E-state index in [1.807, 2.05) is 24.3 Å². The molecule has 124 valence electrons. The van der Waals surface area contributed by atoms with Crippen molar-refractivity contribution in [2.75, 3.05) is 7.11 Å². The predicted molar refractivity (Wildman–Crippen MR) is 84.3 cm³/mol. The third-order valence-corrected chi connectivity index (χ3v) is 5.55. The van der Waals surface area contributed by atoms with Gasteiger partial charge in [0.05, 0.1) is 17.3 Å². The number of hydrogen-bond donors (Lipinski definition) is 1. The van der Waals surface area contributed by atoms with Gasteiger partial charge in [-0.05, 0) is 24.6 Å². The summed E-state index contributed by atoms with van der Waals surface area (Å²) < 4.78 is 30.0. The topological polar surface area (TPSA) is 96.8 Å². The average molecular weight is 338 g/mol. The van der Waals surface area contributed by atoms with Crippen LogP contribution in [0.4, 0.5) is 0 Å².